The Bertz CT molecular complexity index is 594. The second-order valence-electron chi connectivity index (χ2n) is 4.65. The first-order chi connectivity index (χ1) is 8.95. The number of hydrogen-bond donors (Lipinski definition) is 1. The van der Waals surface area contributed by atoms with Crippen LogP contribution < -0.4 is 5.73 Å². The van der Waals surface area contributed by atoms with E-state index in [9.17, 15) is 8.78 Å². The van der Waals surface area contributed by atoms with Crippen LogP contribution >= 0.6 is 0 Å². The van der Waals surface area contributed by atoms with Gasteiger partial charge in [-0.15, -0.1) is 0 Å². The minimum absolute atomic E-state index is 0.130. The SMILES string of the molecule is Cc1nn(-c2c(F)cc(CCN)cc2F)c(C)c1C. The molecule has 0 aliphatic heterocycles. The van der Waals surface area contributed by atoms with Crippen molar-refractivity contribution in [3.05, 3.63) is 46.3 Å². The van der Waals surface area contributed by atoms with Crippen molar-refractivity contribution >= 4 is 0 Å². The van der Waals surface area contributed by atoms with Gasteiger partial charge in [-0.1, -0.05) is 0 Å². The molecule has 2 aromatic rings. The highest BCUT2D eigenvalue weighted by molar-refractivity contribution is 5.41. The van der Waals surface area contributed by atoms with E-state index in [1.165, 1.54) is 16.8 Å². The molecule has 0 saturated heterocycles. The molecule has 0 spiro atoms. The average molecular weight is 265 g/mol. The number of hydrogen-bond acceptors (Lipinski definition) is 2. The quantitative estimate of drug-likeness (QED) is 0.927. The smallest absolute Gasteiger partial charge is 0.152 e. The first kappa shape index (κ1) is 13.7. The van der Waals surface area contributed by atoms with E-state index in [1.54, 1.807) is 6.92 Å². The molecule has 0 saturated carbocycles. The third-order valence-corrected chi connectivity index (χ3v) is 3.37. The number of aryl methyl sites for hydroxylation is 1. The predicted octanol–water partition coefficient (Wildman–Crippen LogP) is 2.58. The Labute approximate surface area is 111 Å². The molecule has 0 atom stereocenters. The van der Waals surface area contributed by atoms with Crippen LogP contribution in [0.1, 0.15) is 22.5 Å². The highest BCUT2D eigenvalue weighted by Crippen LogP contribution is 2.23. The Morgan fingerprint density at radius 2 is 1.74 bits per heavy atom. The molecule has 0 aliphatic carbocycles. The lowest BCUT2D eigenvalue weighted by Gasteiger charge is -2.09. The molecule has 1 aromatic carbocycles. The fraction of sp³-hybridized carbons (Fsp3) is 0.357. The van der Waals surface area contributed by atoms with Crippen LogP contribution in [0, 0.1) is 32.4 Å². The average Bonchev–Trinajstić information content (AvgIpc) is 2.57. The van der Waals surface area contributed by atoms with Crippen molar-refractivity contribution in [1.82, 2.24) is 9.78 Å². The molecule has 2 rings (SSSR count). The van der Waals surface area contributed by atoms with E-state index in [0.29, 0.717) is 18.5 Å². The van der Waals surface area contributed by atoms with Gasteiger partial charge < -0.3 is 5.73 Å². The number of nitrogens with zero attached hydrogens (tertiary/aromatic N) is 2. The van der Waals surface area contributed by atoms with Crippen LogP contribution in [-0.2, 0) is 6.42 Å². The summed E-state index contributed by atoms with van der Waals surface area (Å²) in [4.78, 5) is 0. The summed E-state index contributed by atoms with van der Waals surface area (Å²) in [6.07, 6.45) is 0.449. The van der Waals surface area contributed by atoms with Gasteiger partial charge in [-0.3, -0.25) is 0 Å². The van der Waals surface area contributed by atoms with Gasteiger partial charge in [-0.2, -0.15) is 5.10 Å². The topological polar surface area (TPSA) is 43.8 Å². The first-order valence-corrected chi connectivity index (χ1v) is 6.17. The van der Waals surface area contributed by atoms with Gasteiger partial charge in [0.05, 0.1) is 5.69 Å². The Morgan fingerprint density at radius 1 is 1.16 bits per heavy atom. The monoisotopic (exact) mass is 265 g/mol. The summed E-state index contributed by atoms with van der Waals surface area (Å²) in [6.45, 7) is 5.85. The molecule has 0 amide bonds. The zero-order valence-corrected chi connectivity index (χ0v) is 11.3. The fourth-order valence-electron chi connectivity index (χ4n) is 2.07. The van der Waals surface area contributed by atoms with E-state index < -0.39 is 11.6 Å². The number of halogens is 2. The van der Waals surface area contributed by atoms with Crippen LogP contribution in [0.15, 0.2) is 12.1 Å². The lowest BCUT2D eigenvalue weighted by Crippen LogP contribution is -2.08. The Hall–Kier alpha value is -1.75. The Kier molecular flexibility index (Phi) is 3.66. The van der Waals surface area contributed by atoms with Gasteiger partial charge in [0, 0.05) is 5.69 Å². The van der Waals surface area contributed by atoms with E-state index >= 15 is 0 Å². The molecule has 1 aromatic heterocycles. The Morgan fingerprint density at radius 3 is 2.16 bits per heavy atom. The zero-order valence-electron chi connectivity index (χ0n) is 11.3. The van der Waals surface area contributed by atoms with E-state index in [1.807, 2.05) is 13.8 Å². The molecule has 19 heavy (non-hydrogen) atoms. The van der Waals surface area contributed by atoms with E-state index in [-0.39, 0.29) is 5.69 Å². The molecule has 0 bridgehead atoms. The molecule has 0 aliphatic rings. The van der Waals surface area contributed by atoms with Gasteiger partial charge in [0.25, 0.3) is 0 Å². The van der Waals surface area contributed by atoms with Gasteiger partial charge in [-0.05, 0) is 57.0 Å². The summed E-state index contributed by atoms with van der Waals surface area (Å²) in [5.41, 5.74) is 8.26. The molecule has 5 heteroatoms. The lowest BCUT2D eigenvalue weighted by molar-refractivity contribution is 0.554. The maximum Gasteiger partial charge on any atom is 0.152 e. The molecule has 1 heterocycles. The minimum atomic E-state index is -0.617. The summed E-state index contributed by atoms with van der Waals surface area (Å²) in [6, 6.07) is 2.63. The molecule has 0 radical (unpaired) electrons. The highest BCUT2D eigenvalue weighted by atomic mass is 19.1. The third-order valence-electron chi connectivity index (χ3n) is 3.37. The molecule has 0 unspecified atom stereocenters. The van der Waals surface area contributed by atoms with E-state index in [2.05, 4.69) is 5.10 Å². The van der Waals surface area contributed by atoms with Crippen molar-refractivity contribution in [2.75, 3.05) is 6.54 Å². The van der Waals surface area contributed by atoms with E-state index in [4.69, 9.17) is 5.73 Å². The summed E-state index contributed by atoms with van der Waals surface area (Å²) < 4.78 is 29.5. The van der Waals surface area contributed by atoms with Crippen LogP contribution in [0.3, 0.4) is 0 Å². The van der Waals surface area contributed by atoms with E-state index in [0.717, 1.165) is 17.0 Å². The van der Waals surface area contributed by atoms with Gasteiger partial charge in [0.15, 0.2) is 11.6 Å². The molecule has 2 N–H and O–H groups in total. The van der Waals surface area contributed by atoms with Crippen molar-refractivity contribution in [3.63, 3.8) is 0 Å². The Balaban J connectivity index is 2.59. The van der Waals surface area contributed by atoms with Crippen LogP contribution in [0.4, 0.5) is 8.78 Å². The molecular weight excluding hydrogens is 248 g/mol. The molecular formula is C14H17F2N3. The van der Waals surface area contributed by atoms with Crippen LogP contribution in [0.25, 0.3) is 5.69 Å². The standard InChI is InChI=1S/C14H17F2N3/c1-8-9(2)18-19(10(8)3)14-12(15)6-11(4-5-17)7-13(14)16/h6-7H,4-5,17H2,1-3H3. The zero-order chi connectivity index (χ0) is 14.2. The second-order valence-corrected chi connectivity index (χ2v) is 4.65. The van der Waals surface area contributed by atoms with Crippen molar-refractivity contribution in [2.24, 2.45) is 5.73 Å². The summed E-state index contributed by atoms with van der Waals surface area (Å²) in [5, 5.41) is 4.19. The summed E-state index contributed by atoms with van der Waals surface area (Å²) in [7, 11) is 0. The van der Waals surface area contributed by atoms with Crippen molar-refractivity contribution in [1.29, 1.82) is 0 Å². The van der Waals surface area contributed by atoms with Crippen molar-refractivity contribution < 1.29 is 8.78 Å². The van der Waals surface area contributed by atoms with Crippen molar-refractivity contribution in [3.8, 4) is 5.69 Å². The maximum atomic E-state index is 14.1. The van der Waals surface area contributed by atoms with Gasteiger partial charge >= 0.3 is 0 Å². The maximum absolute atomic E-state index is 14.1. The number of aromatic nitrogens is 2. The lowest BCUT2D eigenvalue weighted by atomic mass is 10.1. The molecule has 3 nitrogen and oxygen atoms in total. The van der Waals surface area contributed by atoms with Crippen LogP contribution in [0.2, 0.25) is 0 Å². The first-order valence-electron chi connectivity index (χ1n) is 6.17. The third kappa shape index (κ3) is 2.38. The molecule has 102 valence electrons. The van der Waals surface area contributed by atoms with Crippen LogP contribution in [0.5, 0.6) is 0 Å². The number of nitrogens with two attached hydrogens (primary N) is 1. The largest absolute Gasteiger partial charge is 0.330 e. The normalized spacial score (nSPS) is 11.1. The molecule has 0 fully saturated rings. The van der Waals surface area contributed by atoms with Gasteiger partial charge in [-0.25, -0.2) is 13.5 Å². The summed E-state index contributed by atoms with van der Waals surface area (Å²) >= 11 is 0. The fourth-order valence-corrected chi connectivity index (χ4v) is 2.07. The van der Waals surface area contributed by atoms with Gasteiger partial charge in [0.2, 0.25) is 0 Å². The minimum Gasteiger partial charge on any atom is -0.330 e. The number of benzene rings is 1. The highest BCUT2D eigenvalue weighted by Gasteiger charge is 2.17. The summed E-state index contributed by atoms with van der Waals surface area (Å²) in [5.74, 6) is -1.23. The van der Waals surface area contributed by atoms with Crippen LogP contribution in [-0.4, -0.2) is 16.3 Å². The number of rotatable bonds is 3. The second kappa shape index (κ2) is 5.09. The predicted molar refractivity (Wildman–Crippen MR) is 70.4 cm³/mol. The van der Waals surface area contributed by atoms with Crippen molar-refractivity contribution in [2.45, 2.75) is 27.2 Å². The van der Waals surface area contributed by atoms with Gasteiger partial charge in [0.1, 0.15) is 5.69 Å².